The molecule has 0 radical (unpaired) electrons. The van der Waals surface area contributed by atoms with Crippen LogP contribution in [-0.2, 0) is 12.8 Å². The Labute approximate surface area is 160 Å². The Morgan fingerprint density at radius 1 is 0.731 bits per heavy atom. The fourth-order valence-corrected chi connectivity index (χ4v) is 4.11. The molecule has 1 aromatic carbocycles. The third-order valence-corrected chi connectivity index (χ3v) is 6.91. The molecule has 2 nitrogen and oxygen atoms in total. The van der Waals surface area contributed by atoms with Crippen molar-refractivity contribution < 1.29 is 10.2 Å². The Morgan fingerprint density at radius 3 is 1.81 bits per heavy atom. The second-order valence-electron chi connectivity index (χ2n) is 9.87. The highest BCUT2D eigenvalue weighted by Crippen LogP contribution is 2.49. The minimum atomic E-state index is 0.0634. The van der Waals surface area contributed by atoms with Crippen molar-refractivity contribution in [3.63, 3.8) is 0 Å². The molecule has 0 saturated heterocycles. The van der Waals surface area contributed by atoms with E-state index in [1.54, 1.807) is 6.07 Å². The molecule has 2 fully saturated rings. The highest BCUT2D eigenvalue weighted by atomic mass is 16.3. The van der Waals surface area contributed by atoms with Crippen molar-refractivity contribution in [1.82, 2.24) is 0 Å². The lowest BCUT2D eigenvalue weighted by atomic mass is 9.96. The molecule has 146 valence electrons. The van der Waals surface area contributed by atoms with Gasteiger partial charge >= 0.3 is 0 Å². The standard InChI is InChI=1S/C24H38O2/c1-23(13-14-23)11-7-3-5-9-19-17-20(22(26)21(25)18-19)10-6-4-8-12-24(2)15-16-24/h17-18,25-26H,3-16H2,1-2H3. The van der Waals surface area contributed by atoms with E-state index in [1.165, 1.54) is 76.2 Å². The summed E-state index contributed by atoms with van der Waals surface area (Å²) in [7, 11) is 0. The zero-order chi connectivity index (χ0) is 18.6. The Balaban J connectivity index is 1.38. The van der Waals surface area contributed by atoms with Gasteiger partial charge in [0, 0.05) is 0 Å². The summed E-state index contributed by atoms with van der Waals surface area (Å²) in [6, 6.07) is 3.88. The van der Waals surface area contributed by atoms with Gasteiger partial charge in [-0.05, 0) is 92.2 Å². The average Bonchev–Trinajstić information content (AvgIpc) is 3.51. The number of benzene rings is 1. The highest BCUT2D eigenvalue weighted by molar-refractivity contribution is 5.47. The van der Waals surface area contributed by atoms with Crippen LogP contribution in [0.2, 0.25) is 0 Å². The number of hydrogen-bond donors (Lipinski definition) is 2. The van der Waals surface area contributed by atoms with Gasteiger partial charge in [0.15, 0.2) is 11.5 Å². The molecule has 3 rings (SSSR count). The molecule has 0 atom stereocenters. The van der Waals surface area contributed by atoms with E-state index >= 15 is 0 Å². The van der Waals surface area contributed by atoms with Crippen LogP contribution in [0.25, 0.3) is 0 Å². The number of aromatic hydroxyl groups is 2. The van der Waals surface area contributed by atoms with E-state index in [9.17, 15) is 10.2 Å². The minimum absolute atomic E-state index is 0.0634. The lowest BCUT2D eigenvalue weighted by Crippen LogP contribution is -1.95. The average molecular weight is 359 g/mol. The molecule has 2 aliphatic carbocycles. The van der Waals surface area contributed by atoms with Crippen LogP contribution >= 0.6 is 0 Å². The minimum Gasteiger partial charge on any atom is -0.504 e. The SMILES string of the molecule is CC1(CCCCCc2cc(O)c(O)c(CCCCCC3(C)CC3)c2)CC1. The predicted molar refractivity (Wildman–Crippen MR) is 109 cm³/mol. The topological polar surface area (TPSA) is 40.5 Å². The summed E-state index contributed by atoms with van der Waals surface area (Å²) < 4.78 is 0. The largest absolute Gasteiger partial charge is 0.504 e. The summed E-state index contributed by atoms with van der Waals surface area (Å²) in [5.74, 6) is 0.165. The number of aryl methyl sites for hydroxylation is 2. The number of phenols is 2. The third kappa shape index (κ3) is 5.93. The molecular weight excluding hydrogens is 320 g/mol. The molecule has 2 saturated carbocycles. The van der Waals surface area contributed by atoms with Gasteiger partial charge in [-0.25, -0.2) is 0 Å². The van der Waals surface area contributed by atoms with Crippen molar-refractivity contribution in [2.24, 2.45) is 10.8 Å². The molecule has 0 aromatic heterocycles. The zero-order valence-corrected chi connectivity index (χ0v) is 16.9. The molecule has 1 aromatic rings. The van der Waals surface area contributed by atoms with Gasteiger partial charge in [0.1, 0.15) is 0 Å². The van der Waals surface area contributed by atoms with Gasteiger partial charge in [0.2, 0.25) is 0 Å². The number of hydrogen-bond acceptors (Lipinski definition) is 2. The summed E-state index contributed by atoms with van der Waals surface area (Å²) >= 11 is 0. The zero-order valence-electron chi connectivity index (χ0n) is 16.9. The number of unbranched alkanes of at least 4 members (excludes halogenated alkanes) is 4. The first kappa shape index (κ1) is 19.6. The summed E-state index contributed by atoms with van der Waals surface area (Å²) in [4.78, 5) is 0. The molecule has 26 heavy (non-hydrogen) atoms. The van der Waals surface area contributed by atoms with Gasteiger partial charge in [0.25, 0.3) is 0 Å². The van der Waals surface area contributed by atoms with E-state index in [-0.39, 0.29) is 11.5 Å². The van der Waals surface area contributed by atoms with Crippen molar-refractivity contribution in [2.45, 2.75) is 104 Å². The molecule has 0 aliphatic heterocycles. The van der Waals surface area contributed by atoms with Crippen molar-refractivity contribution >= 4 is 0 Å². The van der Waals surface area contributed by atoms with Gasteiger partial charge in [-0.15, -0.1) is 0 Å². The van der Waals surface area contributed by atoms with Gasteiger partial charge in [0.05, 0.1) is 0 Å². The van der Waals surface area contributed by atoms with Crippen LogP contribution in [0.1, 0.15) is 102 Å². The summed E-state index contributed by atoms with van der Waals surface area (Å²) in [5.41, 5.74) is 3.43. The third-order valence-electron chi connectivity index (χ3n) is 6.91. The molecule has 0 amide bonds. The van der Waals surface area contributed by atoms with Gasteiger partial charge in [-0.3, -0.25) is 0 Å². The van der Waals surface area contributed by atoms with Gasteiger partial charge in [-0.1, -0.05) is 45.6 Å². The van der Waals surface area contributed by atoms with Crippen LogP contribution in [0.15, 0.2) is 12.1 Å². The molecule has 0 heterocycles. The number of rotatable bonds is 12. The fourth-order valence-electron chi connectivity index (χ4n) is 4.11. The quantitative estimate of drug-likeness (QED) is 0.315. The van der Waals surface area contributed by atoms with Crippen LogP contribution in [0.5, 0.6) is 11.5 Å². The lowest BCUT2D eigenvalue weighted by molar-refractivity contribution is 0.397. The van der Waals surface area contributed by atoms with Crippen molar-refractivity contribution in [2.75, 3.05) is 0 Å². The highest BCUT2D eigenvalue weighted by Gasteiger charge is 2.36. The molecule has 2 N–H and O–H groups in total. The molecule has 2 heteroatoms. The number of phenolic OH excluding ortho intramolecular Hbond substituents is 2. The smallest absolute Gasteiger partial charge is 0.160 e. The molecule has 0 unspecified atom stereocenters. The first-order valence-corrected chi connectivity index (χ1v) is 10.9. The second kappa shape index (κ2) is 8.23. The summed E-state index contributed by atoms with van der Waals surface area (Å²) in [6.45, 7) is 4.80. The van der Waals surface area contributed by atoms with Crippen molar-refractivity contribution in [1.29, 1.82) is 0 Å². The van der Waals surface area contributed by atoms with Crippen LogP contribution in [0, 0.1) is 10.8 Å². The predicted octanol–water partition coefficient (Wildman–Crippen LogP) is 6.90. The Kier molecular flexibility index (Phi) is 6.20. The monoisotopic (exact) mass is 358 g/mol. The van der Waals surface area contributed by atoms with E-state index in [0.717, 1.165) is 24.8 Å². The van der Waals surface area contributed by atoms with Crippen LogP contribution in [0.4, 0.5) is 0 Å². The van der Waals surface area contributed by atoms with Gasteiger partial charge < -0.3 is 10.2 Å². The lowest BCUT2D eigenvalue weighted by Gasteiger charge is -2.11. The second-order valence-corrected chi connectivity index (χ2v) is 9.87. The maximum absolute atomic E-state index is 10.2. The van der Waals surface area contributed by atoms with E-state index in [4.69, 9.17) is 0 Å². The normalized spacial score (nSPS) is 19.5. The first-order chi connectivity index (χ1) is 12.4. The van der Waals surface area contributed by atoms with Crippen molar-refractivity contribution in [3.8, 4) is 11.5 Å². The maximum atomic E-state index is 10.2. The molecule has 2 aliphatic rings. The van der Waals surface area contributed by atoms with E-state index in [1.807, 2.05) is 0 Å². The van der Waals surface area contributed by atoms with E-state index in [0.29, 0.717) is 10.8 Å². The van der Waals surface area contributed by atoms with E-state index < -0.39 is 0 Å². The Bertz CT molecular complexity index is 596. The summed E-state index contributed by atoms with van der Waals surface area (Å²) in [5, 5.41) is 20.2. The maximum Gasteiger partial charge on any atom is 0.160 e. The van der Waals surface area contributed by atoms with Crippen LogP contribution < -0.4 is 0 Å². The van der Waals surface area contributed by atoms with Crippen LogP contribution in [-0.4, -0.2) is 10.2 Å². The Hall–Kier alpha value is -1.18. The summed E-state index contributed by atoms with van der Waals surface area (Å²) in [6.07, 6.45) is 17.6. The van der Waals surface area contributed by atoms with E-state index in [2.05, 4.69) is 19.9 Å². The molecular formula is C24H38O2. The Morgan fingerprint density at radius 2 is 1.27 bits per heavy atom. The van der Waals surface area contributed by atoms with Crippen LogP contribution in [0.3, 0.4) is 0 Å². The molecule has 0 bridgehead atoms. The molecule has 0 spiro atoms. The first-order valence-electron chi connectivity index (χ1n) is 10.9. The van der Waals surface area contributed by atoms with Gasteiger partial charge in [-0.2, -0.15) is 0 Å². The fraction of sp³-hybridized carbons (Fsp3) is 0.750. The van der Waals surface area contributed by atoms with Crippen molar-refractivity contribution in [3.05, 3.63) is 23.3 Å².